The van der Waals surface area contributed by atoms with Crippen LogP contribution in [0.3, 0.4) is 0 Å². The Hall–Kier alpha value is -1.79. The van der Waals surface area contributed by atoms with Crippen molar-refractivity contribution in [3.8, 4) is 0 Å². The number of ether oxygens (including phenoxy) is 8. The third-order valence-electron chi connectivity index (χ3n) is 13.4. The average Bonchev–Trinajstić information content (AvgIpc) is 3.97. The molecule has 0 spiro atoms. The summed E-state index contributed by atoms with van der Waals surface area (Å²) in [5, 5.41) is 0. The maximum absolute atomic E-state index is 13.4. The minimum Gasteiger partial charge on any atom is -0.469 e. The molecule has 0 aromatic heterocycles. The molecule has 4 bridgehead atoms. The van der Waals surface area contributed by atoms with E-state index < -0.39 is 11.8 Å². The van der Waals surface area contributed by atoms with Crippen LogP contribution in [-0.4, -0.2) is 100 Å². The summed E-state index contributed by atoms with van der Waals surface area (Å²) in [6, 6.07) is 0. The normalized spacial score (nSPS) is 45.1. The van der Waals surface area contributed by atoms with Crippen LogP contribution < -0.4 is 0 Å². The van der Waals surface area contributed by atoms with E-state index in [0.29, 0.717) is 18.4 Å². The molecule has 0 aromatic carbocycles. The molecule has 1 saturated carbocycles. The van der Waals surface area contributed by atoms with Gasteiger partial charge in [-0.05, 0) is 57.8 Å². The number of hydrogen-bond donors (Lipinski definition) is 0. The first kappa shape index (κ1) is 37.0. The Labute approximate surface area is 292 Å². The second-order valence-corrected chi connectivity index (χ2v) is 15.4. The molecule has 6 heterocycles. The van der Waals surface area contributed by atoms with E-state index in [0.717, 1.165) is 57.8 Å². The summed E-state index contributed by atoms with van der Waals surface area (Å²) in [5.74, 6) is -1.09. The van der Waals surface area contributed by atoms with Crippen molar-refractivity contribution in [3.05, 3.63) is 0 Å². The Bertz CT molecular complexity index is 1190. The molecule has 0 aromatic rings. The molecule has 6 saturated heterocycles. The van der Waals surface area contributed by atoms with Crippen LogP contribution in [0.2, 0.25) is 0 Å². The van der Waals surface area contributed by atoms with Crippen molar-refractivity contribution in [2.24, 2.45) is 47.3 Å². The van der Waals surface area contributed by atoms with Crippen molar-refractivity contribution in [1.29, 1.82) is 0 Å². The lowest BCUT2D eigenvalue weighted by Gasteiger charge is -2.36. The van der Waals surface area contributed by atoms with Crippen LogP contribution in [-0.2, 0) is 52.3 Å². The lowest BCUT2D eigenvalue weighted by molar-refractivity contribution is -0.173. The predicted octanol–water partition coefficient (Wildman–Crippen LogP) is 4.90. The monoisotopic (exact) mass is 692 g/mol. The number of methoxy groups -OCH3 is 3. The molecule has 16 unspecified atom stereocenters. The average molecular weight is 693 g/mol. The summed E-state index contributed by atoms with van der Waals surface area (Å²) >= 11 is 0. The molecule has 278 valence electrons. The van der Waals surface area contributed by atoms with Gasteiger partial charge in [0.25, 0.3) is 0 Å². The van der Waals surface area contributed by atoms with Crippen LogP contribution in [0.4, 0.5) is 0 Å². The van der Waals surface area contributed by atoms with Crippen LogP contribution in [0.1, 0.15) is 92.4 Å². The highest BCUT2D eigenvalue weighted by Gasteiger charge is 2.70. The minimum absolute atomic E-state index is 0.0607. The second kappa shape index (κ2) is 15.1. The van der Waals surface area contributed by atoms with E-state index in [9.17, 15) is 14.4 Å². The lowest BCUT2D eigenvalue weighted by atomic mass is 9.65. The fourth-order valence-corrected chi connectivity index (χ4v) is 11.3. The number of rotatable bonds is 11. The number of carbonyl (C=O) groups is 3. The molecule has 0 N–H and O–H groups in total. The van der Waals surface area contributed by atoms with Gasteiger partial charge in [0.05, 0.1) is 87.4 Å². The molecule has 11 nitrogen and oxygen atoms in total. The summed E-state index contributed by atoms with van der Waals surface area (Å²) in [7, 11) is 4.51. The molecule has 49 heavy (non-hydrogen) atoms. The summed E-state index contributed by atoms with van der Waals surface area (Å²) in [4.78, 5) is 38.3. The van der Waals surface area contributed by atoms with Crippen LogP contribution in [0.5, 0.6) is 0 Å². The Morgan fingerprint density at radius 2 is 0.980 bits per heavy atom. The van der Waals surface area contributed by atoms with E-state index in [4.69, 9.17) is 37.9 Å². The van der Waals surface area contributed by atoms with Gasteiger partial charge in [-0.15, -0.1) is 0 Å². The summed E-state index contributed by atoms with van der Waals surface area (Å²) in [5.41, 5.74) is -0.374. The predicted molar refractivity (Wildman–Crippen MR) is 177 cm³/mol. The van der Waals surface area contributed by atoms with E-state index in [1.54, 1.807) is 7.11 Å². The Morgan fingerprint density at radius 3 is 1.41 bits per heavy atom. The zero-order valence-electron chi connectivity index (χ0n) is 30.8. The standard InChI is InChI=1S/C22H34O6.C16H26O5/c1-5-12-14-15(13(6-2)26-12)19-17(16(18(14)27-19)20(23)25-4)21(24)28-22(7-3)10-8-9-11-22;1-5-9-12-13(10(6-2)20-9)15-11(16(17)19-4)8(7-18-3)14(12)21-15/h12-19H,5-11H2,1-4H3;8-15H,5-7H2,1-4H3. The number of hydrogen-bond acceptors (Lipinski definition) is 11. The maximum atomic E-state index is 13.4. The number of esters is 3. The topological polar surface area (TPSA) is 125 Å². The second-order valence-electron chi connectivity index (χ2n) is 15.4. The SMILES string of the molecule is CCC1OC(CC)C2C3OC(C(C(=O)OC)C3C(=O)OC3(CC)CCCC3)C12.CCC1OC(CC)C2C3OC(C(COC)C3C(=O)OC)C12. The molecule has 7 rings (SSSR count). The molecule has 6 aliphatic heterocycles. The van der Waals surface area contributed by atoms with Gasteiger partial charge in [0, 0.05) is 36.7 Å². The molecular formula is C38H60O11. The van der Waals surface area contributed by atoms with E-state index in [2.05, 4.69) is 34.6 Å². The van der Waals surface area contributed by atoms with Crippen molar-refractivity contribution >= 4 is 17.9 Å². The van der Waals surface area contributed by atoms with Gasteiger partial charge in [-0.25, -0.2) is 0 Å². The molecule has 7 aliphatic rings. The van der Waals surface area contributed by atoms with Gasteiger partial charge in [-0.1, -0.05) is 34.6 Å². The first-order chi connectivity index (χ1) is 23.7. The van der Waals surface area contributed by atoms with Gasteiger partial charge < -0.3 is 37.9 Å². The first-order valence-electron chi connectivity index (χ1n) is 19.2. The van der Waals surface area contributed by atoms with Gasteiger partial charge in [0.1, 0.15) is 5.60 Å². The van der Waals surface area contributed by atoms with Crippen LogP contribution >= 0.6 is 0 Å². The minimum atomic E-state index is -0.590. The fourth-order valence-electron chi connectivity index (χ4n) is 11.3. The summed E-state index contributed by atoms with van der Waals surface area (Å²) < 4.78 is 46.6. The maximum Gasteiger partial charge on any atom is 0.313 e. The zero-order valence-corrected chi connectivity index (χ0v) is 30.8. The molecule has 0 amide bonds. The third-order valence-corrected chi connectivity index (χ3v) is 13.4. The highest BCUT2D eigenvalue weighted by Crippen LogP contribution is 2.59. The molecular weight excluding hydrogens is 632 g/mol. The van der Waals surface area contributed by atoms with E-state index in [-0.39, 0.29) is 96.0 Å². The van der Waals surface area contributed by atoms with E-state index >= 15 is 0 Å². The molecule has 16 atom stereocenters. The Balaban J connectivity index is 0.000000177. The Morgan fingerprint density at radius 1 is 0.571 bits per heavy atom. The molecule has 1 aliphatic carbocycles. The fraction of sp³-hybridized carbons (Fsp3) is 0.921. The van der Waals surface area contributed by atoms with Gasteiger partial charge in [-0.3, -0.25) is 14.4 Å². The van der Waals surface area contributed by atoms with Gasteiger partial charge in [0.2, 0.25) is 0 Å². The van der Waals surface area contributed by atoms with Gasteiger partial charge >= 0.3 is 17.9 Å². The number of fused-ring (bicyclic) bond motifs is 10. The van der Waals surface area contributed by atoms with Crippen molar-refractivity contribution in [2.45, 2.75) is 147 Å². The van der Waals surface area contributed by atoms with Crippen LogP contribution in [0.15, 0.2) is 0 Å². The van der Waals surface area contributed by atoms with E-state index in [1.807, 2.05) is 0 Å². The van der Waals surface area contributed by atoms with Crippen LogP contribution in [0, 0.1) is 47.3 Å². The molecule has 0 radical (unpaired) electrons. The largest absolute Gasteiger partial charge is 0.469 e. The number of carbonyl (C=O) groups excluding carboxylic acids is 3. The summed E-state index contributed by atoms with van der Waals surface area (Å²) in [6.07, 6.45) is 8.47. The quantitative estimate of drug-likeness (QED) is 0.217. The van der Waals surface area contributed by atoms with Gasteiger partial charge in [0.15, 0.2) is 0 Å². The zero-order chi connectivity index (χ0) is 35.2. The highest BCUT2D eigenvalue weighted by atomic mass is 16.6. The van der Waals surface area contributed by atoms with Crippen molar-refractivity contribution in [1.82, 2.24) is 0 Å². The van der Waals surface area contributed by atoms with Gasteiger partial charge in [-0.2, -0.15) is 0 Å². The third kappa shape index (κ3) is 6.05. The highest BCUT2D eigenvalue weighted by molar-refractivity contribution is 5.84. The molecule has 11 heteroatoms. The molecule has 7 fully saturated rings. The van der Waals surface area contributed by atoms with Crippen molar-refractivity contribution in [2.75, 3.05) is 27.9 Å². The van der Waals surface area contributed by atoms with Crippen molar-refractivity contribution < 1.29 is 52.3 Å². The van der Waals surface area contributed by atoms with Crippen molar-refractivity contribution in [3.63, 3.8) is 0 Å². The Kier molecular flexibility index (Phi) is 11.4. The van der Waals surface area contributed by atoms with E-state index in [1.165, 1.54) is 14.2 Å². The first-order valence-corrected chi connectivity index (χ1v) is 19.2. The summed E-state index contributed by atoms with van der Waals surface area (Å²) in [6.45, 7) is 11.1. The van der Waals surface area contributed by atoms with Crippen LogP contribution in [0.25, 0.3) is 0 Å². The smallest absolute Gasteiger partial charge is 0.313 e. The lowest BCUT2D eigenvalue weighted by Crippen LogP contribution is -2.50.